The average Bonchev–Trinajstić information content (AvgIpc) is 2.76. The second kappa shape index (κ2) is 6.01. The van der Waals surface area contributed by atoms with Gasteiger partial charge in [0.25, 0.3) is 5.91 Å². The predicted molar refractivity (Wildman–Crippen MR) is 73.5 cm³/mol. The summed E-state index contributed by atoms with van der Waals surface area (Å²) in [5, 5.41) is 3.14. The first-order valence-corrected chi connectivity index (χ1v) is 6.80. The summed E-state index contributed by atoms with van der Waals surface area (Å²) in [6.07, 6.45) is 4.37. The summed E-state index contributed by atoms with van der Waals surface area (Å²) in [6, 6.07) is 8.10. The van der Waals surface area contributed by atoms with E-state index in [4.69, 9.17) is 5.73 Å². The zero-order chi connectivity index (χ0) is 13.0. The molecule has 1 aromatic rings. The molecule has 0 aromatic heterocycles. The monoisotopic (exact) mass is 246 g/mol. The molecule has 2 unspecified atom stereocenters. The van der Waals surface area contributed by atoms with Gasteiger partial charge >= 0.3 is 0 Å². The van der Waals surface area contributed by atoms with Crippen molar-refractivity contribution >= 4 is 5.91 Å². The minimum Gasteiger partial charge on any atom is -0.349 e. The average molecular weight is 246 g/mol. The first-order chi connectivity index (χ1) is 8.70. The van der Waals surface area contributed by atoms with Crippen molar-refractivity contribution in [1.29, 1.82) is 0 Å². The van der Waals surface area contributed by atoms with Crippen molar-refractivity contribution in [2.24, 2.45) is 11.7 Å². The summed E-state index contributed by atoms with van der Waals surface area (Å²) in [6.45, 7) is 2.83. The molecule has 1 amide bonds. The van der Waals surface area contributed by atoms with Crippen LogP contribution in [0.4, 0.5) is 0 Å². The third-order valence-corrected chi connectivity index (χ3v) is 3.80. The molecule has 3 N–H and O–H groups in total. The maximum atomic E-state index is 12.2. The van der Waals surface area contributed by atoms with Crippen molar-refractivity contribution in [3.63, 3.8) is 0 Å². The third kappa shape index (κ3) is 3.10. The van der Waals surface area contributed by atoms with Gasteiger partial charge in [-0.15, -0.1) is 0 Å². The van der Waals surface area contributed by atoms with Gasteiger partial charge in [-0.2, -0.15) is 0 Å². The van der Waals surface area contributed by atoms with Gasteiger partial charge < -0.3 is 11.1 Å². The maximum absolute atomic E-state index is 12.2. The van der Waals surface area contributed by atoms with E-state index in [9.17, 15) is 4.79 Å². The summed E-state index contributed by atoms with van der Waals surface area (Å²) in [5.74, 6) is 0.647. The molecule has 1 aromatic carbocycles. The van der Waals surface area contributed by atoms with E-state index in [0.717, 1.165) is 24.0 Å². The van der Waals surface area contributed by atoms with Crippen LogP contribution in [0.1, 0.15) is 42.1 Å². The third-order valence-electron chi connectivity index (χ3n) is 3.80. The molecule has 0 heterocycles. The number of nitrogens with two attached hydrogens (primary N) is 1. The van der Waals surface area contributed by atoms with Crippen LogP contribution in [0.25, 0.3) is 0 Å². The molecule has 3 nitrogen and oxygen atoms in total. The molecule has 2 atom stereocenters. The van der Waals surface area contributed by atoms with E-state index in [1.54, 1.807) is 0 Å². The van der Waals surface area contributed by atoms with Gasteiger partial charge in [0.15, 0.2) is 0 Å². The number of amides is 1. The Morgan fingerprint density at radius 3 is 2.94 bits per heavy atom. The zero-order valence-corrected chi connectivity index (χ0v) is 11.0. The summed E-state index contributed by atoms with van der Waals surface area (Å²) < 4.78 is 0. The Labute approximate surface area is 109 Å². The molecule has 0 radical (unpaired) electrons. The number of nitrogens with one attached hydrogen (secondary N) is 1. The molecule has 0 bridgehead atoms. The van der Waals surface area contributed by atoms with E-state index in [1.165, 1.54) is 12.8 Å². The minimum absolute atomic E-state index is 0.0487. The van der Waals surface area contributed by atoms with Crippen molar-refractivity contribution in [3.8, 4) is 0 Å². The quantitative estimate of drug-likeness (QED) is 0.855. The fraction of sp³-hybridized carbons (Fsp3) is 0.533. The van der Waals surface area contributed by atoms with Gasteiger partial charge in [0.05, 0.1) is 0 Å². The van der Waals surface area contributed by atoms with Gasteiger partial charge in [0, 0.05) is 11.6 Å². The van der Waals surface area contributed by atoms with Crippen molar-refractivity contribution in [1.82, 2.24) is 5.32 Å². The fourth-order valence-corrected chi connectivity index (χ4v) is 2.65. The van der Waals surface area contributed by atoms with E-state index >= 15 is 0 Å². The van der Waals surface area contributed by atoms with Gasteiger partial charge in [-0.1, -0.05) is 25.5 Å². The molecular formula is C15H22N2O. The Balaban J connectivity index is 2.01. The van der Waals surface area contributed by atoms with E-state index in [0.29, 0.717) is 18.5 Å². The van der Waals surface area contributed by atoms with Gasteiger partial charge in [-0.3, -0.25) is 4.79 Å². The van der Waals surface area contributed by atoms with Crippen LogP contribution < -0.4 is 11.1 Å². The summed E-state index contributed by atoms with van der Waals surface area (Å²) in [4.78, 5) is 12.2. The Bertz CT molecular complexity index is 417. The topological polar surface area (TPSA) is 55.1 Å². The van der Waals surface area contributed by atoms with Gasteiger partial charge in [0.2, 0.25) is 0 Å². The van der Waals surface area contributed by atoms with Crippen LogP contribution in [0.2, 0.25) is 0 Å². The molecule has 0 aliphatic heterocycles. The van der Waals surface area contributed by atoms with E-state index in [1.807, 2.05) is 24.3 Å². The van der Waals surface area contributed by atoms with Crippen molar-refractivity contribution in [2.75, 3.05) is 6.54 Å². The van der Waals surface area contributed by atoms with E-state index < -0.39 is 0 Å². The minimum atomic E-state index is 0.0487. The van der Waals surface area contributed by atoms with Crippen LogP contribution in [0.3, 0.4) is 0 Å². The predicted octanol–water partition coefficient (Wildman–Crippen LogP) is 2.11. The summed E-state index contributed by atoms with van der Waals surface area (Å²) in [5.41, 5.74) is 7.42. The Kier molecular flexibility index (Phi) is 4.37. The van der Waals surface area contributed by atoms with Crippen molar-refractivity contribution < 1.29 is 4.79 Å². The second-order valence-electron chi connectivity index (χ2n) is 5.23. The van der Waals surface area contributed by atoms with Crippen LogP contribution in [-0.2, 0) is 6.42 Å². The fourth-order valence-electron chi connectivity index (χ4n) is 2.65. The van der Waals surface area contributed by atoms with Crippen molar-refractivity contribution in [3.05, 3.63) is 35.4 Å². The number of carbonyl (C=O) groups excluding carboxylic acids is 1. The second-order valence-corrected chi connectivity index (χ2v) is 5.23. The molecule has 1 aliphatic rings. The highest BCUT2D eigenvalue weighted by atomic mass is 16.1. The lowest BCUT2D eigenvalue weighted by molar-refractivity contribution is 0.0929. The molecular weight excluding hydrogens is 224 g/mol. The lowest BCUT2D eigenvalue weighted by Gasteiger charge is -2.17. The summed E-state index contributed by atoms with van der Waals surface area (Å²) >= 11 is 0. The van der Waals surface area contributed by atoms with Crippen LogP contribution in [0.5, 0.6) is 0 Å². The largest absolute Gasteiger partial charge is 0.349 e. The van der Waals surface area contributed by atoms with Gasteiger partial charge in [-0.05, 0) is 49.4 Å². The van der Waals surface area contributed by atoms with Crippen molar-refractivity contribution in [2.45, 2.75) is 38.6 Å². The first-order valence-electron chi connectivity index (χ1n) is 6.80. The van der Waals surface area contributed by atoms with E-state index in [-0.39, 0.29) is 5.91 Å². The SMILES string of the molecule is CC1CCCC1NC(=O)c1cccc(CCN)c1. The molecule has 0 saturated heterocycles. The zero-order valence-electron chi connectivity index (χ0n) is 11.0. The Morgan fingerprint density at radius 2 is 2.28 bits per heavy atom. The normalized spacial score (nSPS) is 23.0. The lowest BCUT2D eigenvalue weighted by atomic mass is 10.0. The molecule has 98 valence electrons. The first kappa shape index (κ1) is 13.1. The molecule has 0 spiro atoms. The Morgan fingerprint density at radius 1 is 1.44 bits per heavy atom. The standard InChI is InChI=1S/C15H22N2O/c1-11-4-2-7-14(11)17-15(18)13-6-3-5-12(10-13)8-9-16/h3,5-6,10-11,14H,2,4,7-9,16H2,1H3,(H,17,18). The van der Waals surface area contributed by atoms with Gasteiger partial charge in [-0.25, -0.2) is 0 Å². The van der Waals surface area contributed by atoms with Crippen LogP contribution >= 0.6 is 0 Å². The smallest absolute Gasteiger partial charge is 0.251 e. The highest BCUT2D eigenvalue weighted by Crippen LogP contribution is 2.25. The highest BCUT2D eigenvalue weighted by Gasteiger charge is 2.24. The Hall–Kier alpha value is -1.35. The number of hydrogen-bond donors (Lipinski definition) is 2. The molecule has 2 rings (SSSR count). The molecule has 1 fully saturated rings. The number of rotatable bonds is 4. The van der Waals surface area contributed by atoms with E-state index in [2.05, 4.69) is 12.2 Å². The molecule has 1 saturated carbocycles. The maximum Gasteiger partial charge on any atom is 0.251 e. The van der Waals surface area contributed by atoms with Gasteiger partial charge in [0.1, 0.15) is 0 Å². The molecule has 1 aliphatic carbocycles. The summed E-state index contributed by atoms with van der Waals surface area (Å²) in [7, 11) is 0. The number of hydrogen-bond acceptors (Lipinski definition) is 2. The molecule has 18 heavy (non-hydrogen) atoms. The van der Waals surface area contributed by atoms with Crippen LogP contribution in [-0.4, -0.2) is 18.5 Å². The number of carbonyl (C=O) groups is 1. The lowest BCUT2D eigenvalue weighted by Crippen LogP contribution is -2.36. The number of benzene rings is 1. The van der Waals surface area contributed by atoms with Crippen LogP contribution in [0.15, 0.2) is 24.3 Å². The van der Waals surface area contributed by atoms with Crippen LogP contribution in [0, 0.1) is 5.92 Å². The molecule has 3 heteroatoms. The highest BCUT2D eigenvalue weighted by molar-refractivity contribution is 5.94.